The van der Waals surface area contributed by atoms with E-state index in [0.29, 0.717) is 25.3 Å². The van der Waals surface area contributed by atoms with Gasteiger partial charge in [0.2, 0.25) is 5.91 Å². The highest BCUT2D eigenvalue weighted by atomic mass is 19.1. The Bertz CT molecular complexity index is 719. The molecule has 0 heterocycles. The molecule has 0 aliphatic carbocycles. The minimum atomic E-state index is -0.275. The second-order valence-corrected chi connectivity index (χ2v) is 6.40. The van der Waals surface area contributed by atoms with E-state index in [9.17, 15) is 9.18 Å². The molecule has 26 heavy (non-hydrogen) atoms. The van der Waals surface area contributed by atoms with Crippen molar-refractivity contribution < 1.29 is 13.9 Å². The van der Waals surface area contributed by atoms with Gasteiger partial charge in [0.25, 0.3) is 0 Å². The molecule has 4 nitrogen and oxygen atoms in total. The zero-order chi connectivity index (χ0) is 18.8. The predicted octanol–water partition coefficient (Wildman–Crippen LogP) is 4.56. The molecule has 1 amide bonds. The molecule has 0 saturated carbocycles. The van der Waals surface area contributed by atoms with Gasteiger partial charge in [-0.1, -0.05) is 25.0 Å². The largest absolute Gasteiger partial charge is 0.489 e. The van der Waals surface area contributed by atoms with Crippen molar-refractivity contribution in [3.8, 4) is 5.75 Å². The Morgan fingerprint density at radius 2 is 1.92 bits per heavy atom. The van der Waals surface area contributed by atoms with Crippen molar-refractivity contribution in [2.24, 2.45) is 5.73 Å². The number of ether oxygens (including phenoxy) is 1. The second-order valence-electron chi connectivity index (χ2n) is 6.40. The maximum atomic E-state index is 13.2. The van der Waals surface area contributed by atoms with Crippen LogP contribution in [0.1, 0.15) is 43.2 Å². The summed E-state index contributed by atoms with van der Waals surface area (Å²) in [6, 6.07) is 11.9. The van der Waals surface area contributed by atoms with Crippen LogP contribution in [0.15, 0.2) is 42.5 Å². The molecule has 140 valence electrons. The highest BCUT2D eigenvalue weighted by molar-refractivity contribution is 5.91. The number of nitrogens with two attached hydrogens (primary N) is 1. The number of nitrogens with one attached hydrogen (secondary N) is 1. The average Bonchev–Trinajstić information content (AvgIpc) is 2.62. The van der Waals surface area contributed by atoms with E-state index in [4.69, 9.17) is 10.5 Å². The van der Waals surface area contributed by atoms with Gasteiger partial charge in [-0.2, -0.15) is 0 Å². The summed E-state index contributed by atoms with van der Waals surface area (Å²) < 4.78 is 18.9. The summed E-state index contributed by atoms with van der Waals surface area (Å²) in [6.07, 6.45) is 4.50. The van der Waals surface area contributed by atoms with Crippen molar-refractivity contribution in [1.29, 1.82) is 0 Å². The number of halogens is 1. The van der Waals surface area contributed by atoms with Crippen molar-refractivity contribution in [2.45, 2.75) is 45.6 Å². The van der Waals surface area contributed by atoms with Crippen LogP contribution in [0.3, 0.4) is 0 Å². The van der Waals surface area contributed by atoms with Gasteiger partial charge >= 0.3 is 0 Å². The minimum Gasteiger partial charge on any atom is -0.489 e. The van der Waals surface area contributed by atoms with Gasteiger partial charge in [0.1, 0.15) is 18.2 Å². The summed E-state index contributed by atoms with van der Waals surface area (Å²) in [5.74, 6) is 0.434. The molecule has 3 N–H and O–H groups in total. The summed E-state index contributed by atoms with van der Waals surface area (Å²) in [5.41, 5.74) is 7.95. The van der Waals surface area contributed by atoms with E-state index in [1.165, 1.54) is 12.1 Å². The molecule has 0 aliphatic heterocycles. The number of carbonyl (C=O) groups excluding carboxylic acids is 1. The molecule has 0 fully saturated rings. The molecule has 2 aromatic carbocycles. The Hall–Kier alpha value is -2.40. The van der Waals surface area contributed by atoms with Crippen LogP contribution in [-0.4, -0.2) is 12.5 Å². The highest BCUT2D eigenvalue weighted by Crippen LogP contribution is 2.22. The molecule has 0 saturated heterocycles. The zero-order valence-electron chi connectivity index (χ0n) is 15.3. The number of benzene rings is 2. The molecule has 2 aromatic rings. The highest BCUT2D eigenvalue weighted by Gasteiger charge is 2.06. The normalized spacial score (nSPS) is 10.6. The van der Waals surface area contributed by atoms with E-state index in [1.54, 1.807) is 6.07 Å². The number of anilines is 1. The number of rotatable bonds is 10. The standard InChI is InChI=1S/C21H27FN2O2/c1-16-13-19(26-15-17-7-6-8-18(22)14-17)10-11-20(16)24-21(25)9-4-2-3-5-12-23/h6-8,10-11,13-14H,2-5,9,12,15,23H2,1H3,(H,24,25). The van der Waals surface area contributed by atoms with Crippen LogP contribution in [0.5, 0.6) is 5.75 Å². The van der Waals surface area contributed by atoms with Crippen LogP contribution >= 0.6 is 0 Å². The van der Waals surface area contributed by atoms with E-state index in [0.717, 1.165) is 42.5 Å². The Balaban J connectivity index is 1.81. The van der Waals surface area contributed by atoms with Gasteiger partial charge in [-0.25, -0.2) is 4.39 Å². The van der Waals surface area contributed by atoms with E-state index >= 15 is 0 Å². The maximum Gasteiger partial charge on any atom is 0.224 e. The lowest BCUT2D eigenvalue weighted by molar-refractivity contribution is -0.116. The van der Waals surface area contributed by atoms with E-state index in [2.05, 4.69) is 5.32 Å². The number of unbranched alkanes of at least 4 members (excludes halogenated alkanes) is 3. The Morgan fingerprint density at radius 1 is 1.12 bits per heavy atom. The quantitative estimate of drug-likeness (QED) is 0.612. The van der Waals surface area contributed by atoms with Crippen LogP contribution in [0.2, 0.25) is 0 Å². The minimum absolute atomic E-state index is 0.0225. The number of aryl methyl sites for hydroxylation is 1. The lowest BCUT2D eigenvalue weighted by Gasteiger charge is -2.12. The first-order valence-corrected chi connectivity index (χ1v) is 9.06. The lowest BCUT2D eigenvalue weighted by atomic mass is 10.1. The number of carbonyl (C=O) groups is 1. The zero-order valence-corrected chi connectivity index (χ0v) is 15.3. The van der Waals surface area contributed by atoms with Crippen LogP contribution < -0.4 is 15.8 Å². The topological polar surface area (TPSA) is 64.3 Å². The second kappa shape index (κ2) is 10.6. The van der Waals surface area contributed by atoms with Gasteiger partial charge in [0, 0.05) is 12.1 Å². The van der Waals surface area contributed by atoms with Crippen LogP contribution in [-0.2, 0) is 11.4 Å². The van der Waals surface area contributed by atoms with Gasteiger partial charge in [-0.15, -0.1) is 0 Å². The summed E-state index contributed by atoms with van der Waals surface area (Å²) in [7, 11) is 0. The molecular formula is C21H27FN2O2. The van der Waals surface area contributed by atoms with E-state index < -0.39 is 0 Å². The third-order valence-corrected chi connectivity index (χ3v) is 4.12. The third-order valence-electron chi connectivity index (χ3n) is 4.12. The Morgan fingerprint density at radius 3 is 2.65 bits per heavy atom. The van der Waals surface area contributed by atoms with Gasteiger partial charge in [-0.3, -0.25) is 4.79 Å². The molecule has 0 spiro atoms. The fourth-order valence-electron chi connectivity index (χ4n) is 2.66. The van der Waals surface area contributed by atoms with Gasteiger partial charge in [0.15, 0.2) is 0 Å². The first kappa shape index (κ1) is 19.9. The first-order chi connectivity index (χ1) is 12.6. The fourth-order valence-corrected chi connectivity index (χ4v) is 2.66. The van der Waals surface area contributed by atoms with Crippen molar-refractivity contribution in [2.75, 3.05) is 11.9 Å². The SMILES string of the molecule is Cc1cc(OCc2cccc(F)c2)ccc1NC(=O)CCCCCCN. The summed E-state index contributed by atoms with van der Waals surface area (Å²) in [4.78, 5) is 12.0. The molecule has 0 aliphatic rings. The molecule has 2 rings (SSSR count). The molecular weight excluding hydrogens is 331 g/mol. The first-order valence-electron chi connectivity index (χ1n) is 9.06. The van der Waals surface area contributed by atoms with Crippen molar-refractivity contribution in [3.05, 3.63) is 59.4 Å². The molecule has 5 heteroatoms. The fraction of sp³-hybridized carbons (Fsp3) is 0.381. The third kappa shape index (κ3) is 6.84. The molecule has 0 aromatic heterocycles. The summed E-state index contributed by atoms with van der Waals surface area (Å²) in [6.45, 7) is 2.93. The lowest BCUT2D eigenvalue weighted by Crippen LogP contribution is -2.12. The summed E-state index contributed by atoms with van der Waals surface area (Å²) >= 11 is 0. The monoisotopic (exact) mass is 358 g/mol. The van der Waals surface area contributed by atoms with Crippen molar-refractivity contribution in [3.63, 3.8) is 0 Å². The number of hydrogen-bond acceptors (Lipinski definition) is 3. The maximum absolute atomic E-state index is 13.2. The van der Waals surface area contributed by atoms with Crippen molar-refractivity contribution >= 4 is 11.6 Å². The molecule has 0 radical (unpaired) electrons. The van der Waals surface area contributed by atoms with Gasteiger partial charge < -0.3 is 15.8 Å². The molecule has 0 atom stereocenters. The number of amides is 1. The number of hydrogen-bond donors (Lipinski definition) is 2. The van der Waals surface area contributed by atoms with Crippen molar-refractivity contribution in [1.82, 2.24) is 0 Å². The Labute approximate surface area is 154 Å². The smallest absolute Gasteiger partial charge is 0.224 e. The average molecular weight is 358 g/mol. The van der Waals surface area contributed by atoms with E-state index in [1.807, 2.05) is 31.2 Å². The summed E-state index contributed by atoms with van der Waals surface area (Å²) in [5, 5.41) is 2.94. The molecule has 0 bridgehead atoms. The van der Waals surface area contributed by atoms with Gasteiger partial charge in [-0.05, 0) is 67.8 Å². The predicted molar refractivity (Wildman–Crippen MR) is 103 cm³/mol. The Kier molecular flexibility index (Phi) is 8.09. The van der Waals surface area contributed by atoms with Crippen LogP contribution in [0, 0.1) is 12.7 Å². The van der Waals surface area contributed by atoms with Crippen LogP contribution in [0.25, 0.3) is 0 Å². The van der Waals surface area contributed by atoms with E-state index in [-0.39, 0.29) is 11.7 Å². The van der Waals surface area contributed by atoms with Crippen LogP contribution in [0.4, 0.5) is 10.1 Å². The molecule has 0 unspecified atom stereocenters. The van der Waals surface area contributed by atoms with Gasteiger partial charge in [0.05, 0.1) is 0 Å².